The lowest BCUT2D eigenvalue weighted by molar-refractivity contribution is 0.106. The van der Waals surface area contributed by atoms with Crippen LogP contribution in [0.4, 0.5) is 0 Å². The summed E-state index contributed by atoms with van der Waals surface area (Å²) in [7, 11) is 0. The van der Waals surface area contributed by atoms with Crippen LogP contribution < -0.4 is 10.1 Å². The highest BCUT2D eigenvalue weighted by Crippen LogP contribution is 2.25. The van der Waals surface area contributed by atoms with Gasteiger partial charge < -0.3 is 15.2 Å². The molecule has 0 amide bonds. The number of nitrogens with one attached hydrogen (secondary N) is 1. The minimum Gasteiger partial charge on any atom is -0.489 e. The Morgan fingerprint density at radius 3 is 2.88 bits per heavy atom. The fourth-order valence-corrected chi connectivity index (χ4v) is 1.70. The van der Waals surface area contributed by atoms with Crippen molar-refractivity contribution in [1.29, 1.82) is 0 Å². The molecule has 96 valence electrons. The molecule has 1 atom stereocenters. The number of aliphatic hydroxyl groups is 1. The molecule has 1 rings (SSSR count). The van der Waals surface area contributed by atoms with Gasteiger partial charge in [-0.3, -0.25) is 0 Å². The van der Waals surface area contributed by atoms with E-state index in [9.17, 15) is 5.11 Å². The van der Waals surface area contributed by atoms with E-state index in [4.69, 9.17) is 16.3 Å². The number of aliphatic hydroxyl groups excluding tert-OH is 1. The summed E-state index contributed by atoms with van der Waals surface area (Å²) in [5, 5.41) is 13.4. The zero-order valence-electron chi connectivity index (χ0n) is 10.4. The molecule has 0 aliphatic heterocycles. The van der Waals surface area contributed by atoms with Crippen molar-refractivity contribution in [2.24, 2.45) is 0 Å². The number of ether oxygens (including phenoxy) is 1. The fraction of sp³-hybridized carbons (Fsp3) is 0.538. The van der Waals surface area contributed by atoms with E-state index in [0.717, 1.165) is 18.5 Å². The van der Waals surface area contributed by atoms with Crippen LogP contribution in [-0.2, 0) is 0 Å². The Bertz CT molecular complexity index is 344. The Balaban J connectivity index is 2.34. The molecule has 1 aromatic rings. The first kappa shape index (κ1) is 14.3. The summed E-state index contributed by atoms with van der Waals surface area (Å²) in [6.45, 7) is 5.75. The summed E-state index contributed by atoms with van der Waals surface area (Å²) in [5.74, 6) is 0.617. The lowest BCUT2D eigenvalue weighted by Gasteiger charge is -2.14. The fourth-order valence-electron chi connectivity index (χ4n) is 1.41. The number of aryl methyl sites for hydroxylation is 1. The normalized spacial score (nSPS) is 12.5. The molecular formula is C13H20ClNO2. The van der Waals surface area contributed by atoms with Crippen molar-refractivity contribution in [1.82, 2.24) is 5.32 Å². The van der Waals surface area contributed by atoms with Crippen LogP contribution in [0.25, 0.3) is 0 Å². The highest BCUT2D eigenvalue weighted by Gasteiger charge is 2.06. The number of hydrogen-bond donors (Lipinski definition) is 2. The molecule has 0 saturated carbocycles. The van der Waals surface area contributed by atoms with Crippen molar-refractivity contribution in [3.05, 3.63) is 28.8 Å². The van der Waals surface area contributed by atoms with Crippen LogP contribution in [0.3, 0.4) is 0 Å². The van der Waals surface area contributed by atoms with Crippen molar-refractivity contribution in [2.45, 2.75) is 26.4 Å². The quantitative estimate of drug-likeness (QED) is 0.737. The molecule has 1 aromatic carbocycles. The number of hydrogen-bond acceptors (Lipinski definition) is 3. The predicted octanol–water partition coefficient (Wildman–Crippen LogP) is 2.39. The molecule has 0 saturated heterocycles. The van der Waals surface area contributed by atoms with Gasteiger partial charge in [-0.25, -0.2) is 0 Å². The topological polar surface area (TPSA) is 41.5 Å². The van der Waals surface area contributed by atoms with E-state index in [1.807, 2.05) is 25.1 Å². The van der Waals surface area contributed by atoms with Gasteiger partial charge in [0.2, 0.25) is 0 Å². The Labute approximate surface area is 108 Å². The van der Waals surface area contributed by atoms with E-state index in [2.05, 4.69) is 12.2 Å². The van der Waals surface area contributed by atoms with E-state index in [1.165, 1.54) is 0 Å². The summed E-state index contributed by atoms with van der Waals surface area (Å²) < 4.78 is 5.46. The Kier molecular flexibility index (Phi) is 6.34. The van der Waals surface area contributed by atoms with Crippen molar-refractivity contribution in [2.75, 3.05) is 19.7 Å². The second kappa shape index (κ2) is 7.54. The van der Waals surface area contributed by atoms with Crippen LogP contribution in [-0.4, -0.2) is 30.9 Å². The third-order valence-corrected chi connectivity index (χ3v) is 2.62. The summed E-state index contributed by atoms with van der Waals surface area (Å²) >= 11 is 6.02. The molecule has 17 heavy (non-hydrogen) atoms. The molecule has 1 unspecified atom stereocenters. The summed E-state index contributed by atoms with van der Waals surface area (Å²) in [4.78, 5) is 0. The van der Waals surface area contributed by atoms with Crippen molar-refractivity contribution >= 4 is 11.6 Å². The minimum absolute atomic E-state index is 0.249. The smallest absolute Gasteiger partial charge is 0.138 e. The van der Waals surface area contributed by atoms with Crippen LogP contribution in [0.5, 0.6) is 5.75 Å². The van der Waals surface area contributed by atoms with Crippen LogP contribution in [0, 0.1) is 6.92 Å². The first-order chi connectivity index (χ1) is 8.13. The van der Waals surface area contributed by atoms with Gasteiger partial charge >= 0.3 is 0 Å². The molecule has 3 nitrogen and oxygen atoms in total. The number of benzene rings is 1. The van der Waals surface area contributed by atoms with Gasteiger partial charge in [0.25, 0.3) is 0 Å². The second-order valence-corrected chi connectivity index (χ2v) is 4.51. The Morgan fingerprint density at radius 1 is 1.47 bits per heavy atom. The SMILES string of the molecule is CCCNCC(O)COc1ccc(C)cc1Cl. The molecule has 0 spiro atoms. The molecule has 2 N–H and O–H groups in total. The molecular weight excluding hydrogens is 238 g/mol. The zero-order valence-corrected chi connectivity index (χ0v) is 11.1. The van der Waals surface area contributed by atoms with Crippen LogP contribution in [0.2, 0.25) is 5.02 Å². The average Bonchev–Trinajstić information content (AvgIpc) is 2.28. The van der Waals surface area contributed by atoms with E-state index in [1.54, 1.807) is 0 Å². The van der Waals surface area contributed by atoms with E-state index in [0.29, 0.717) is 17.3 Å². The monoisotopic (exact) mass is 257 g/mol. The summed E-state index contributed by atoms with van der Waals surface area (Å²) in [5.41, 5.74) is 1.09. The Morgan fingerprint density at radius 2 is 2.24 bits per heavy atom. The maximum absolute atomic E-state index is 9.65. The molecule has 0 fully saturated rings. The van der Waals surface area contributed by atoms with Gasteiger partial charge in [-0.2, -0.15) is 0 Å². The van der Waals surface area contributed by atoms with Gasteiger partial charge in [0.15, 0.2) is 0 Å². The largest absolute Gasteiger partial charge is 0.489 e. The van der Waals surface area contributed by atoms with Crippen molar-refractivity contribution in [3.63, 3.8) is 0 Å². The lowest BCUT2D eigenvalue weighted by Crippen LogP contribution is -2.31. The molecule has 0 aromatic heterocycles. The highest BCUT2D eigenvalue weighted by molar-refractivity contribution is 6.32. The summed E-state index contributed by atoms with van der Waals surface area (Å²) in [6.07, 6.45) is 0.538. The van der Waals surface area contributed by atoms with Gasteiger partial charge in [-0.05, 0) is 37.6 Å². The van der Waals surface area contributed by atoms with Crippen LogP contribution >= 0.6 is 11.6 Å². The highest BCUT2D eigenvalue weighted by atomic mass is 35.5. The van der Waals surface area contributed by atoms with Crippen LogP contribution in [0.1, 0.15) is 18.9 Å². The maximum atomic E-state index is 9.65. The molecule has 0 aliphatic rings. The maximum Gasteiger partial charge on any atom is 0.138 e. The first-order valence-electron chi connectivity index (χ1n) is 5.91. The number of rotatable bonds is 7. The number of halogens is 1. The molecule has 0 bridgehead atoms. The second-order valence-electron chi connectivity index (χ2n) is 4.10. The van der Waals surface area contributed by atoms with Crippen molar-refractivity contribution in [3.8, 4) is 5.75 Å². The molecule has 0 aliphatic carbocycles. The van der Waals surface area contributed by atoms with Gasteiger partial charge in [0.05, 0.1) is 5.02 Å². The van der Waals surface area contributed by atoms with Gasteiger partial charge in [-0.1, -0.05) is 24.6 Å². The summed E-state index contributed by atoms with van der Waals surface area (Å²) in [6, 6.07) is 5.60. The van der Waals surface area contributed by atoms with E-state index < -0.39 is 6.10 Å². The van der Waals surface area contributed by atoms with Crippen molar-refractivity contribution < 1.29 is 9.84 Å². The Hall–Kier alpha value is -0.770. The van der Waals surface area contributed by atoms with Gasteiger partial charge in [0.1, 0.15) is 18.5 Å². The molecule has 0 radical (unpaired) electrons. The van der Waals surface area contributed by atoms with Gasteiger partial charge in [-0.15, -0.1) is 0 Å². The molecule has 0 heterocycles. The lowest BCUT2D eigenvalue weighted by atomic mass is 10.2. The molecule has 4 heteroatoms. The minimum atomic E-state index is -0.515. The third-order valence-electron chi connectivity index (χ3n) is 2.33. The van der Waals surface area contributed by atoms with E-state index in [-0.39, 0.29) is 6.61 Å². The van der Waals surface area contributed by atoms with E-state index >= 15 is 0 Å². The third kappa shape index (κ3) is 5.39. The van der Waals surface area contributed by atoms with Crippen LogP contribution in [0.15, 0.2) is 18.2 Å². The predicted molar refractivity (Wildman–Crippen MR) is 70.9 cm³/mol. The standard InChI is InChI=1S/C13H20ClNO2/c1-3-6-15-8-11(16)9-17-13-5-4-10(2)7-12(13)14/h4-5,7,11,15-16H,3,6,8-9H2,1-2H3. The zero-order chi connectivity index (χ0) is 12.7. The van der Waals surface area contributed by atoms with Gasteiger partial charge in [0, 0.05) is 6.54 Å². The average molecular weight is 258 g/mol. The first-order valence-corrected chi connectivity index (χ1v) is 6.29.